The van der Waals surface area contributed by atoms with E-state index in [1.165, 1.54) is 0 Å². The minimum absolute atomic E-state index is 1.07. The normalized spacial score (nSPS) is 8.38. The maximum atomic E-state index is 3.98. The van der Waals surface area contributed by atoms with Gasteiger partial charge in [0.15, 0.2) is 0 Å². The summed E-state index contributed by atoms with van der Waals surface area (Å²) < 4.78 is 0. The van der Waals surface area contributed by atoms with E-state index in [9.17, 15) is 0 Å². The number of hydrogen-bond donors (Lipinski definition) is 0. The zero-order chi connectivity index (χ0) is 9.36. The predicted molar refractivity (Wildman–Crippen MR) is 53.2 cm³/mol. The fourth-order valence-corrected chi connectivity index (χ4v) is 0.761. The van der Waals surface area contributed by atoms with Gasteiger partial charge >= 0.3 is 0 Å². The van der Waals surface area contributed by atoms with Crippen molar-refractivity contribution in [1.82, 2.24) is 9.97 Å². The lowest BCUT2D eigenvalue weighted by molar-refractivity contribution is 1.20. The van der Waals surface area contributed by atoms with Gasteiger partial charge in [0, 0.05) is 24.3 Å². The van der Waals surface area contributed by atoms with Gasteiger partial charge in [0.25, 0.3) is 0 Å². The predicted octanol–water partition coefficient (Wildman–Crippen LogP) is 2.47. The molecule has 0 fully saturated rings. The molecular weight excluding hydrogens is 160 g/mol. The molecule has 66 valence electrons. The molecule has 2 rings (SSSR count). The molecule has 0 spiro atoms. The van der Waals surface area contributed by atoms with Crippen LogP contribution >= 0.6 is 0 Å². The molecule has 2 heterocycles. The first-order chi connectivity index (χ1) is 6.39. The van der Waals surface area contributed by atoms with Crippen LogP contribution in [0.15, 0.2) is 55.0 Å². The summed E-state index contributed by atoms with van der Waals surface area (Å²) >= 11 is 0. The van der Waals surface area contributed by atoms with Crippen LogP contribution < -0.4 is 0 Å². The topological polar surface area (TPSA) is 25.8 Å². The Balaban J connectivity index is 0.000000132. The van der Waals surface area contributed by atoms with E-state index in [4.69, 9.17) is 0 Å². The largest absolute Gasteiger partial charge is 0.265 e. The zero-order valence-electron chi connectivity index (χ0n) is 7.59. The third-order valence-electron chi connectivity index (χ3n) is 1.38. The van der Waals surface area contributed by atoms with Gasteiger partial charge in [0.1, 0.15) is 0 Å². The minimum atomic E-state index is 1.07. The summed E-state index contributed by atoms with van der Waals surface area (Å²) in [5.74, 6) is 0. The molecule has 0 radical (unpaired) electrons. The Labute approximate surface area is 78.3 Å². The Morgan fingerprint density at radius 1 is 0.846 bits per heavy atom. The lowest BCUT2D eigenvalue weighted by atomic mass is 10.4. The first-order valence-electron chi connectivity index (χ1n) is 4.12. The van der Waals surface area contributed by atoms with Crippen LogP contribution in [0.3, 0.4) is 0 Å². The van der Waals surface area contributed by atoms with Crippen LogP contribution in [0.1, 0.15) is 5.69 Å². The van der Waals surface area contributed by atoms with Gasteiger partial charge < -0.3 is 0 Å². The van der Waals surface area contributed by atoms with Crippen LogP contribution in [0.25, 0.3) is 0 Å². The highest BCUT2D eigenvalue weighted by atomic mass is 14.6. The standard InChI is InChI=1S/C6H7N.C5H5N/c1-6-4-2-3-5-7-6;1-2-4-6-5-3-1/h2-5H,1H3;1-5H. The molecule has 2 heteroatoms. The van der Waals surface area contributed by atoms with Crippen LogP contribution in [0.4, 0.5) is 0 Å². The average Bonchev–Trinajstić information content (AvgIpc) is 2.22. The van der Waals surface area contributed by atoms with Gasteiger partial charge in [-0.15, -0.1) is 0 Å². The Kier molecular flexibility index (Phi) is 4.25. The van der Waals surface area contributed by atoms with Gasteiger partial charge in [0.05, 0.1) is 0 Å². The fourth-order valence-electron chi connectivity index (χ4n) is 0.761. The van der Waals surface area contributed by atoms with E-state index in [-0.39, 0.29) is 0 Å². The molecule has 2 aromatic rings. The van der Waals surface area contributed by atoms with Crippen LogP contribution in [0, 0.1) is 6.92 Å². The molecule has 0 unspecified atom stereocenters. The van der Waals surface area contributed by atoms with E-state index in [2.05, 4.69) is 9.97 Å². The van der Waals surface area contributed by atoms with E-state index in [0.717, 1.165) is 5.69 Å². The Morgan fingerprint density at radius 2 is 1.54 bits per heavy atom. The number of rotatable bonds is 0. The minimum Gasteiger partial charge on any atom is -0.265 e. The lowest BCUT2D eigenvalue weighted by Crippen LogP contribution is -1.72. The summed E-state index contributed by atoms with van der Waals surface area (Å²) in [5.41, 5.74) is 1.07. The Bertz CT molecular complexity index is 279. The van der Waals surface area contributed by atoms with Crippen molar-refractivity contribution in [3.05, 3.63) is 60.7 Å². The Morgan fingerprint density at radius 3 is 1.77 bits per heavy atom. The molecule has 0 aromatic carbocycles. The second-order valence-electron chi connectivity index (χ2n) is 2.50. The molecule has 0 N–H and O–H groups in total. The van der Waals surface area contributed by atoms with Gasteiger partial charge in [-0.05, 0) is 31.2 Å². The van der Waals surface area contributed by atoms with Gasteiger partial charge in [0.2, 0.25) is 0 Å². The van der Waals surface area contributed by atoms with E-state index < -0.39 is 0 Å². The van der Waals surface area contributed by atoms with Crippen molar-refractivity contribution in [1.29, 1.82) is 0 Å². The first-order valence-corrected chi connectivity index (χ1v) is 4.12. The van der Waals surface area contributed by atoms with Crippen molar-refractivity contribution in [3.8, 4) is 0 Å². The number of aromatic nitrogens is 2. The Hall–Kier alpha value is -1.70. The number of hydrogen-bond acceptors (Lipinski definition) is 2. The highest BCUT2D eigenvalue weighted by Crippen LogP contribution is 1.86. The van der Waals surface area contributed by atoms with E-state index in [0.29, 0.717) is 0 Å². The van der Waals surface area contributed by atoms with Crippen LogP contribution in [-0.4, -0.2) is 9.97 Å². The molecule has 0 saturated carbocycles. The number of aryl methyl sites for hydroxylation is 1. The molecule has 0 atom stereocenters. The molecule has 2 nitrogen and oxygen atoms in total. The first kappa shape index (κ1) is 9.39. The van der Waals surface area contributed by atoms with Crippen LogP contribution in [0.2, 0.25) is 0 Å². The van der Waals surface area contributed by atoms with Gasteiger partial charge in [-0.25, -0.2) is 0 Å². The highest BCUT2D eigenvalue weighted by Gasteiger charge is 1.73. The average molecular weight is 172 g/mol. The van der Waals surface area contributed by atoms with Crippen molar-refractivity contribution in [3.63, 3.8) is 0 Å². The van der Waals surface area contributed by atoms with Gasteiger partial charge in [-0.3, -0.25) is 9.97 Å². The molecule has 0 bridgehead atoms. The summed E-state index contributed by atoms with van der Waals surface area (Å²) in [4.78, 5) is 7.76. The van der Waals surface area contributed by atoms with Crippen molar-refractivity contribution in [2.45, 2.75) is 6.92 Å². The quantitative estimate of drug-likeness (QED) is 0.610. The van der Waals surface area contributed by atoms with Crippen molar-refractivity contribution in [2.24, 2.45) is 0 Å². The maximum Gasteiger partial charge on any atom is 0.0372 e. The summed E-state index contributed by atoms with van der Waals surface area (Å²) in [6.07, 6.45) is 5.29. The second kappa shape index (κ2) is 5.89. The monoisotopic (exact) mass is 172 g/mol. The van der Waals surface area contributed by atoms with Crippen LogP contribution in [0.5, 0.6) is 0 Å². The third-order valence-corrected chi connectivity index (χ3v) is 1.38. The summed E-state index contributed by atoms with van der Waals surface area (Å²) in [5, 5.41) is 0. The maximum absolute atomic E-state index is 3.98. The van der Waals surface area contributed by atoms with E-state index >= 15 is 0 Å². The molecule has 0 aliphatic heterocycles. The molecule has 0 amide bonds. The second-order valence-corrected chi connectivity index (χ2v) is 2.50. The SMILES string of the molecule is Cc1ccccn1.c1ccncc1. The van der Waals surface area contributed by atoms with Crippen LogP contribution in [-0.2, 0) is 0 Å². The number of pyridine rings is 2. The fraction of sp³-hybridized carbons (Fsp3) is 0.0909. The summed E-state index contributed by atoms with van der Waals surface area (Å²) in [6, 6.07) is 11.6. The zero-order valence-corrected chi connectivity index (χ0v) is 7.59. The molecule has 0 saturated heterocycles. The molecule has 0 aliphatic rings. The van der Waals surface area contributed by atoms with Gasteiger partial charge in [-0.1, -0.05) is 12.1 Å². The van der Waals surface area contributed by atoms with Crippen molar-refractivity contribution in [2.75, 3.05) is 0 Å². The van der Waals surface area contributed by atoms with E-state index in [1.54, 1.807) is 18.6 Å². The van der Waals surface area contributed by atoms with Gasteiger partial charge in [-0.2, -0.15) is 0 Å². The molecule has 13 heavy (non-hydrogen) atoms. The molecule has 0 aliphatic carbocycles. The van der Waals surface area contributed by atoms with E-state index in [1.807, 2.05) is 43.3 Å². The lowest BCUT2D eigenvalue weighted by Gasteiger charge is -1.82. The summed E-state index contributed by atoms with van der Waals surface area (Å²) in [7, 11) is 0. The summed E-state index contributed by atoms with van der Waals surface area (Å²) in [6.45, 7) is 1.97. The third kappa shape index (κ3) is 4.69. The van der Waals surface area contributed by atoms with Crippen molar-refractivity contribution < 1.29 is 0 Å². The molecule has 2 aromatic heterocycles. The van der Waals surface area contributed by atoms with Crippen molar-refractivity contribution >= 4 is 0 Å². The number of nitrogens with zero attached hydrogens (tertiary/aromatic N) is 2. The smallest absolute Gasteiger partial charge is 0.0372 e. The highest BCUT2D eigenvalue weighted by molar-refractivity contribution is 4.99. The molecular formula is C11H12N2.